The van der Waals surface area contributed by atoms with Crippen LogP contribution < -0.4 is 26.7 Å². The molecular weight excluding hydrogens is 406 g/mol. The molecule has 0 saturated heterocycles. The molecule has 0 fully saturated rings. The molecule has 0 radical (unpaired) electrons. The maximum absolute atomic E-state index is 12.8. The van der Waals surface area contributed by atoms with Crippen molar-refractivity contribution in [3.05, 3.63) is 71.3 Å². The van der Waals surface area contributed by atoms with Crippen LogP contribution in [0.3, 0.4) is 0 Å². The Labute approximate surface area is 175 Å². The van der Waals surface area contributed by atoms with Gasteiger partial charge in [0.1, 0.15) is 33.9 Å². The number of ether oxygens (including phenoxy) is 2. The number of esters is 1. The van der Waals surface area contributed by atoms with E-state index in [4.69, 9.17) is 26.7 Å². The molecule has 10 nitrogen and oxygen atoms in total. The maximum atomic E-state index is 12.8. The van der Waals surface area contributed by atoms with Crippen molar-refractivity contribution in [1.82, 2.24) is 0 Å². The minimum Gasteiger partial charge on any atom is -0.478 e. The fourth-order valence-corrected chi connectivity index (χ4v) is 2.67. The van der Waals surface area contributed by atoms with E-state index >= 15 is 0 Å². The first-order chi connectivity index (χ1) is 14.7. The van der Waals surface area contributed by atoms with E-state index in [1.807, 2.05) is 0 Å². The number of carboxylic acids is 2. The number of nitrogen functional groups attached to an aromatic ring is 3. The summed E-state index contributed by atoms with van der Waals surface area (Å²) in [5, 5.41) is 18.7. The highest BCUT2D eigenvalue weighted by Gasteiger charge is 2.21. The molecule has 8 N–H and O–H groups in total. The molecule has 0 heterocycles. The van der Waals surface area contributed by atoms with E-state index in [9.17, 15) is 24.6 Å². The van der Waals surface area contributed by atoms with E-state index < -0.39 is 17.9 Å². The van der Waals surface area contributed by atoms with Gasteiger partial charge in [-0.1, -0.05) is 0 Å². The molecule has 31 heavy (non-hydrogen) atoms. The van der Waals surface area contributed by atoms with Crippen LogP contribution >= 0.6 is 0 Å². The van der Waals surface area contributed by atoms with Gasteiger partial charge in [0.2, 0.25) is 0 Å². The van der Waals surface area contributed by atoms with Gasteiger partial charge in [0, 0.05) is 35.3 Å². The van der Waals surface area contributed by atoms with Crippen molar-refractivity contribution in [3.8, 4) is 17.2 Å². The Morgan fingerprint density at radius 1 is 0.613 bits per heavy atom. The second kappa shape index (κ2) is 8.33. The van der Waals surface area contributed by atoms with Gasteiger partial charge in [0.25, 0.3) is 0 Å². The third-order valence-corrected chi connectivity index (χ3v) is 4.12. The van der Waals surface area contributed by atoms with Crippen LogP contribution in [0.15, 0.2) is 54.6 Å². The zero-order valence-electron chi connectivity index (χ0n) is 15.9. The van der Waals surface area contributed by atoms with Gasteiger partial charge in [-0.25, -0.2) is 14.4 Å². The summed E-state index contributed by atoms with van der Waals surface area (Å²) in [6.07, 6.45) is 0. The number of carbonyl (C=O) groups is 3. The molecule has 0 aromatic heterocycles. The van der Waals surface area contributed by atoms with Gasteiger partial charge in [0.15, 0.2) is 0 Å². The molecule has 0 unspecified atom stereocenters. The lowest BCUT2D eigenvalue weighted by Gasteiger charge is -2.14. The molecule has 3 aromatic carbocycles. The summed E-state index contributed by atoms with van der Waals surface area (Å²) >= 11 is 0. The summed E-state index contributed by atoms with van der Waals surface area (Å²) in [5.41, 5.74) is 17.2. The van der Waals surface area contributed by atoms with E-state index in [1.54, 1.807) is 0 Å². The van der Waals surface area contributed by atoms with Crippen LogP contribution in [0.4, 0.5) is 17.1 Å². The van der Waals surface area contributed by atoms with Gasteiger partial charge < -0.3 is 36.9 Å². The Kier molecular flexibility index (Phi) is 5.64. The number of carboxylic acid groups (broad SMARTS) is 2. The third kappa shape index (κ3) is 4.65. The first-order valence-corrected chi connectivity index (χ1v) is 8.71. The number of benzene rings is 3. The lowest BCUT2D eigenvalue weighted by molar-refractivity contribution is 0.0673. The Morgan fingerprint density at radius 2 is 1.00 bits per heavy atom. The molecular formula is C21H17N3O7. The fourth-order valence-electron chi connectivity index (χ4n) is 2.67. The third-order valence-electron chi connectivity index (χ3n) is 4.12. The van der Waals surface area contributed by atoms with Crippen molar-refractivity contribution in [3.63, 3.8) is 0 Å². The second-order valence-electron chi connectivity index (χ2n) is 6.37. The molecule has 3 aromatic rings. The van der Waals surface area contributed by atoms with E-state index in [1.165, 1.54) is 54.6 Å². The van der Waals surface area contributed by atoms with Crippen molar-refractivity contribution in [2.45, 2.75) is 0 Å². The Morgan fingerprint density at radius 3 is 1.48 bits per heavy atom. The molecule has 0 aliphatic heterocycles. The van der Waals surface area contributed by atoms with E-state index in [-0.39, 0.29) is 51.0 Å². The van der Waals surface area contributed by atoms with Crippen LogP contribution in [0.1, 0.15) is 31.1 Å². The summed E-state index contributed by atoms with van der Waals surface area (Å²) in [6.45, 7) is 0. The predicted octanol–water partition coefficient (Wildman–Crippen LogP) is 2.84. The first kappa shape index (κ1) is 21.0. The largest absolute Gasteiger partial charge is 0.478 e. The topological polar surface area (TPSA) is 188 Å². The highest BCUT2D eigenvalue weighted by atomic mass is 16.5. The van der Waals surface area contributed by atoms with E-state index in [2.05, 4.69) is 0 Å². The number of nitrogens with two attached hydrogens (primary N) is 3. The molecule has 158 valence electrons. The highest BCUT2D eigenvalue weighted by molar-refractivity contribution is 5.98. The number of aromatic carboxylic acids is 2. The van der Waals surface area contributed by atoms with Crippen molar-refractivity contribution in [2.75, 3.05) is 17.2 Å². The van der Waals surface area contributed by atoms with Crippen molar-refractivity contribution in [2.24, 2.45) is 0 Å². The van der Waals surface area contributed by atoms with Crippen molar-refractivity contribution >= 4 is 35.0 Å². The molecule has 0 spiro atoms. The normalized spacial score (nSPS) is 10.3. The van der Waals surface area contributed by atoms with Crippen LogP contribution in [0.25, 0.3) is 0 Å². The summed E-state index contributed by atoms with van der Waals surface area (Å²) < 4.78 is 10.9. The molecule has 0 aliphatic rings. The van der Waals surface area contributed by atoms with Gasteiger partial charge in [-0.05, 0) is 36.4 Å². The number of rotatable bonds is 6. The monoisotopic (exact) mass is 423 g/mol. The zero-order chi connectivity index (χ0) is 22.7. The number of anilines is 3. The van der Waals surface area contributed by atoms with Gasteiger partial charge >= 0.3 is 17.9 Å². The standard InChI is InChI=1S/C21H17N3O7/c22-10-1-4-13(19(25)26)16(7-10)30-18-9-12(24)3-6-15(18)21(29)31-17-8-11(23)2-5-14(17)20(27)28/h1-9H,22-24H2,(H,25,26)(H,27,28). The molecule has 0 aliphatic carbocycles. The molecule has 0 saturated carbocycles. The summed E-state index contributed by atoms with van der Waals surface area (Å²) in [6, 6.07) is 11.7. The van der Waals surface area contributed by atoms with Gasteiger partial charge in [-0.2, -0.15) is 0 Å². The van der Waals surface area contributed by atoms with Gasteiger partial charge in [0.05, 0.1) is 0 Å². The Hall–Kier alpha value is -4.73. The second-order valence-corrected chi connectivity index (χ2v) is 6.37. The molecule has 0 bridgehead atoms. The predicted molar refractivity (Wildman–Crippen MR) is 112 cm³/mol. The molecule has 10 heteroatoms. The minimum atomic E-state index is -1.32. The Balaban J connectivity index is 2.01. The lowest BCUT2D eigenvalue weighted by Crippen LogP contribution is -2.13. The van der Waals surface area contributed by atoms with Crippen LogP contribution in [0.2, 0.25) is 0 Å². The average Bonchev–Trinajstić information content (AvgIpc) is 2.67. The zero-order valence-corrected chi connectivity index (χ0v) is 15.9. The van der Waals surface area contributed by atoms with Crippen LogP contribution in [0, 0.1) is 0 Å². The lowest BCUT2D eigenvalue weighted by atomic mass is 10.1. The average molecular weight is 423 g/mol. The number of hydrogen-bond acceptors (Lipinski definition) is 8. The van der Waals surface area contributed by atoms with Crippen molar-refractivity contribution < 1.29 is 34.1 Å². The van der Waals surface area contributed by atoms with Crippen LogP contribution in [-0.2, 0) is 0 Å². The quantitative estimate of drug-likeness (QED) is 0.224. The Bertz CT molecular complexity index is 1210. The fraction of sp³-hybridized carbons (Fsp3) is 0. The molecule has 3 rings (SSSR count). The van der Waals surface area contributed by atoms with E-state index in [0.29, 0.717) is 0 Å². The molecule has 0 atom stereocenters. The van der Waals surface area contributed by atoms with Gasteiger partial charge in [-0.15, -0.1) is 0 Å². The van der Waals surface area contributed by atoms with Crippen molar-refractivity contribution in [1.29, 1.82) is 0 Å². The maximum Gasteiger partial charge on any atom is 0.347 e. The summed E-state index contributed by atoms with van der Waals surface area (Å²) in [5.74, 6) is -4.06. The number of hydrogen-bond donors (Lipinski definition) is 5. The van der Waals surface area contributed by atoms with Crippen LogP contribution in [-0.4, -0.2) is 28.1 Å². The highest BCUT2D eigenvalue weighted by Crippen LogP contribution is 2.33. The number of carbonyl (C=O) groups excluding carboxylic acids is 1. The molecule has 0 amide bonds. The SMILES string of the molecule is Nc1ccc(C(=O)O)c(OC(=O)c2ccc(N)cc2Oc2cc(N)ccc2C(=O)O)c1. The summed E-state index contributed by atoms with van der Waals surface area (Å²) in [4.78, 5) is 35.7. The minimum absolute atomic E-state index is 0.112. The summed E-state index contributed by atoms with van der Waals surface area (Å²) in [7, 11) is 0. The van der Waals surface area contributed by atoms with Crippen LogP contribution in [0.5, 0.6) is 17.2 Å². The smallest absolute Gasteiger partial charge is 0.347 e. The van der Waals surface area contributed by atoms with E-state index in [0.717, 1.165) is 0 Å². The van der Waals surface area contributed by atoms with Gasteiger partial charge in [-0.3, -0.25) is 0 Å². The first-order valence-electron chi connectivity index (χ1n) is 8.71.